The molecular weight excluding hydrogens is 450 g/mol. The number of hydrogen-bond donors (Lipinski definition) is 1. The molecule has 1 fully saturated rings. The van der Waals surface area contributed by atoms with E-state index in [1.165, 1.54) is 38.2 Å². The number of methoxy groups -OCH3 is 2. The quantitative estimate of drug-likeness (QED) is 0.212. The Balaban J connectivity index is 2.25. The maximum Gasteiger partial charge on any atom is 0.308 e. The third kappa shape index (κ3) is 4.66. The Labute approximate surface area is 196 Å². The molecule has 0 saturated carbocycles. The highest BCUT2D eigenvalue weighted by Crippen LogP contribution is 2.43. The molecule has 1 N–H and O–H groups in total. The van der Waals surface area contributed by atoms with E-state index in [0.29, 0.717) is 17.7 Å². The SMILES string of the molecule is CCCN1C(=O)C(=O)/C(=C(/O)c2cc(Cl)c(OC)cc2OC)C1c1cccc(OC(C)=O)c1. The number of hydrogen-bond acceptors (Lipinski definition) is 7. The zero-order chi connectivity index (χ0) is 24.3. The van der Waals surface area contributed by atoms with Crippen molar-refractivity contribution in [2.24, 2.45) is 0 Å². The molecule has 1 saturated heterocycles. The third-order valence-corrected chi connectivity index (χ3v) is 5.46. The van der Waals surface area contributed by atoms with Crippen molar-refractivity contribution >= 4 is 35.0 Å². The first kappa shape index (κ1) is 24.1. The summed E-state index contributed by atoms with van der Waals surface area (Å²) in [5.41, 5.74) is 0.522. The highest BCUT2D eigenvalue weighted by atomic mass is 35.5. The van der Waals surface area contributed by atoms with Gasteiger partial charge in [-0.3, -0.25) is 14.4 Å². The number of carbonyl (C=O) groups is 3. The number of amides is 1. The molecule has 33 heavy (non-hydrogen) atoms. The number of ether oxygens (including phenoxy) is 3. The van der Waals surface area contributed by atoms with Crippen molar-refractivity contribution < 1.29 is 33.7 Å². The van der Waals surface area contributed by atoms with Crippen LogP contribution in [0.2, 0.25) is 5.02 Å². The third-order valence-electron chi connectivity index (χ3n) is 5.17. The summed E-state index contributed by atoms with van der Waals surface area (Å²) in [7, 11) is 2.84. The second kappa shape index (κ2) is 9.95. The summed E-state index contributed by atoms with van der Waals surface area (Å²) in [4.78, 5) is 38.7. The van der Waals surface area contributed by atoms with Crippen LogP contribution in [0, 0.1) is 0 Å². The summed E-state index contributed by atoms with van der Waals surface area (Å²) in [6.45, 7) is 3.43. The van der Waals surface area contributed by atoms with Crippen LogP contribution in [0.25, 0.3) is 5.76 Å². The maximum atomic E-state index is 13.1. The van der Waals surface area contributed by atoms with E-state index in [4.69, 9.17) is 25.8 Å². The molecule has 3 rings (SSSR count). The first-order valence-corrected chi connectivity index (χ1v) is 10.6. The normalized spacial score (nSPS) is 17.2. The summed E-state index contributed by atoms with van der Waals surface area (Å²) < 4.78 is 15.7. The van der Waals surface area contributed by atoms with Gasteiger partial charge in [0.1, 0.15) is 23.0 Å². The van der Waals surface area contributed by atoms with Crippen molar-refractivity contribution in [3.8, 4) is 17.2 Å². The fraction of sp³-hybridized carbons (Fsp3) is 0.292. The number of esters is 1. The van der Waals surface area contributed by atoms with Gasteiger partial charge in [0.15, 0.2) is 0 Å². The van der Waals surface area contributed by atoms with Crippen molar-refractivity contribution in [2.45, 2.75) is 26.3 Å². The van der Waals surface area contributed by atoms with Gasteiger partial charge in [0, 0.05) is 19.5 Å². The van der Waals surface area contributed by atoms with Crippen molar-refractivity contribution in [3.63, 3.8) is 0 Å². The van der Waals surface area contributed by atoms with Crippen LogP contribution in [-0.2, 0) is 14.4 Å². The molecule has 2 aromatic carbocycles. The molecule has 9 heteroatoms. The number of halogens is 1. The molecule has 8 nitrogen and oxygen atoms in total. The number of nitrogens with zero attached hydrogens (tertiary/aromatic N) is 1. The highest BCUT2D eigenvalue weighted by Gasteiger charge is 2.46. The average molecular weight is 474 g/mol. The van der Waals surface area contributed by atoms with Gasteiger partial charge in [-0.2, -0.15) is 0 Å². The zero-order valence-electron chi connectivity index (χ0n) is 18.7. The van der Waals surface area contributed by atoms with E-state index in [-0.39, 0.29) is 34.2 Å². The van der Waals surface area contributed by atoms with Gasteiger partial charge in [0.25, 0.3) is 11.7 Å². The predicted octanol–water partition coefficient (Wildman–Crippen LogP) is 4.11. The minimum atomic E-state index is -0.897. The molecule has 1 amide bonds. The minimum Gasteiger partial charge on any atom is -0.507 e. The molecule has 0 radical (unpaired) electrons. The van der Waals surface area contributed by atoms with Crippen molar-refractivity contribution in [2.75, 3.05) is 20.8 Å². The summed E-state index contributed by atoms with van der Waals surface area (Å²) in [5.74, 6) is -1.72. The number of benzene rings is 2. The topological polar surface area (TPSA) is 102 Å². The number of aliphatic hydroxyl groups is 1. The lowest BCUT2D eigenvalue weighted by atomic mass is 9.94. The van der Waals surface area contributed by atoms with E-state index in [1.54, 1.807) is 24.3 Å². The molecule has 1 atom stereocenters. The molecule has 1 heterocycles. The molecule has 0 bridgehead atoms. The van der Waals surface area contributed by atoms with E-state index in [9.17, 15) is 19.5 Å². The first-order chi connectivity index (χ1) is 15.7. The van der Waals surface area contributed by atoms with Crippen LogP contribution < -0.4 is 14.2 Å². The molecule has 0 aromatic heterocycles. The van der Waals surface area contributed by atoms with Crippen LogP contribution in [0.4, 0.5) is 0 Å². The number of carbonyl (C=O) groups excluding carboxylic acids is 3. The predicted molar refractivity (Wildman–Crippen MR) is 122 cm³/mol. The van der Waals surface area contributed by atoms with E-state index in [2.05, 4.69) is 0 Å². The van der Waals surface area contributed by atoms with Crippen molar-refractivity contribution in [3.05, 3.63) is 58.1 Å². The Bertz CT molecular complexity index is 1140. The second-order valence-electron chi connectivity index (χ2n) is 7.35. The number of Topliss-reactive ketones (excluding diaryl/α,β-unsaturated/α-hetero) is 1. The lowest BCUT2D eigenvalue weighted by molar-refractivity contribution is -0.139. The fourth-order valence-corrected chi connectivity index (χ4v) is 4.04. The number of likely N-dealkylation sites (tertiary alicyclic amines) is 1. The van der Waals surface area contributed by atoms with Gasteiger partial charge in [-0.05, 0) is 30.2 Å². The Morgan fingerprint density at radius 3 is 2.42 bits per heavy atom. The van der Waals surface area contributed by atoms with Gasteiger partial charge in [0.2, 0.25) is 0 Å². The van der Waals surface area contributed by atoms with Gasteiger partial charge in [-0.1, -0.05) is 30.7 Å². The fourth-order valence-electron chi connectivity index (χ4n) is 3.80. The summed E-state index contributed by atoms with van der Waals surface area (Å²) in [6, 6.07) is 8.48. The average Bonchev–Trinajstić information content (AvgIpc) is 3.03. The molecule has 1 aliphatic heterocycles. The van der Waals surface area contributed by atoms with E-state index in [1.807, 2.05) is 6.92 Å². The molecule has 0 aliphatic carbocycles. The van der Waals surface area contributed by atoms with Gasteiger partial charge in [-0.25, -0.2) is 0 Å². The Hall–Kier alpha value is -3.52. The van der Waals surface area contributed by atoms with Crippen LogP contribution in [-0.4, -0.2) is 48.4 Å². The van der Waals surface area contributed by atoms with Gasteiger partial charge in [-0.15, -0.1) is 0 Å². The highest BCUT2D eigenvalue weighted by molar-refractivity contribution is 6.46. The van der Waals surface area contributed by atoms with Gasteiger partial charge >= 0.3 is 5.97 Å². The molecule has 2 aromatic rings. The van der Waals surface area contributed by atoms with Gasteiger partial charge in [0.05, 0.1) is 36.4 Å². The lowest BCUT2D eigenvalue weighted by Gasteiger charge is -2.25. The van der Waals surface area contributed by atoms with Crippen LogP contribution in [0.3, 0.4) is 0 Å². The zero-order valence-corrected chi connectivity index (χ0v) is 19.4. The molecular formula is C24H24ClNO7. The summed E-state index contributed by atoms with van der Waals surface area (Å²) in [5, 5.41) is 11.4. The molecule has 174 valence electrons. The smallest absolute Gasteiger partial charge is 0.308 e. The summed E-state index contributed by atoms with van der Waals surface area (Å²) in [6.07, 6.45) is 0.588. The Morgan fingerprint density at radius 1 is 1.12 bits per heavy atom. The summed E-state index contributed by atoms with van der Waals surface area (Å²) >= 11 is 6.25. The second-order valence-corrected chi connectivity index (χ2v) is 7.75. The largest absolute Gasteiger partial charge is 0.507 e. The van der Waals surface area contributed by atoms with Crippen LogP contribution in [0.5, 0.6) is 17.2 Å². The molecule has 0 spiro atoms. The molecule has 1 aliphatic rings. The lowest BCUT2D eigenvalue weighted by Crippen LogP contribution is -2.30. The van der Waals surface area contributed by atoms with Crippen LogP contribution in [0.15, 0.2) is 42.0 Å². The number of aliphatic hydroxyl groups excluding tert-OH is 1. The monoisotopic (exact) mass is 473 g/mol. The maximum absolute atomic E-state index is 13.1. The molecule has 1 unspecified atom stereocenters. The van der Waals surface area contributed by atoms with Crippen LogP contribution >= 0.6 is 11.6 Å². The van der Waals surface area contributed by atoms with Crippen molar-refractivity contribution in [1.29, 1.82) is 0 Å². The van der Waals surface area contributed by atoms with Crippen LogP contribution in [0.1, 0.15) is 37.4 Å². The number of rotatable bonds is 7. The van der Waals surface area contributed by atoms with E-state index < -0.39 is 29.5 Å². The number of ketones is 1. The minimum absolute atomic E-state index is 0.118. The van der Waals surface area contributed by atoms with Gasteiger partial charge < -0.3 is 24.2 Å². The first-order valence-electron chi connectivity index (χ1n) is 10.2. The van der Waals surface area contributed by atoms with E-state index >= 15 is 0 Å². The van der Waals surface area contributed by atoms with Crippen molar-refractivity contribution in [1.82, 2.24) is 4.90 Å². The van der Waals surface area contributed by atoms with E-state index in [0.717, 1.165) is 0 Å². The Kier molecular flexibility index (Phi) is 7.28. The standard InChI is InChI=1S/C24H24ClNO7/c1-5-9-26-21(14-7-6-8-15(10-14)33-13(2)27)20(23(29)24(26)30)22(28)16-11-17(25)19(32-4)12-18(16)31-3/h6-8,10-12,21,28H,5,9H2,1-4H3/b22-20+. The Morgan fingerprint density at radius 2 is 1.82 bits per heavy atom.